The molecule has 6 heteroatoms. The van der Waals surface area contributed by atoms with Crippen molar-refractivity contribution in [2.75, 3.05) is 11.0 Å². The standard InChI is InChI=1S/C21H39IO4Si/c1-9-18(13-24-27(14(2)3,15(4)5)16(6)7)10-17(8)20-11-19(12-22)25-21(23)26-20/h10,14-16,18-20H,9,11-13H2,1-8H3/b17-10-/t18-,19-,20+/m1/s1. The lowest BCUT2D eigenvalue weighted by molar-refractivity contribution is -0.0396. The van der Waals surface area contributed by atoms with Gasteiger partial charge in [0.15, 0.2) is 8.32 Å². The maximum absolute atomic E-state index is 11.7. The maximum atomic E-state index is 11.7. The van der Waals surface area contributed by atoms with Gasteiger partial charge in [-0.15, -0.1) is 0 Å². The Bertz CT molecular complexity index is 483. The minimum atomic E-state index is -1.86. The highest BCUT2D eigenvalue weighted by Crippen LogP contribution is 2.42. The molecule has 0 amide bonds. The van der Waals surface area contributed by atoms with E-state index in [4.69, 9.17) is 13.9 Å². The second kappa shape index (κ2) is 11.2. The SMILES string of the molecule is CC[C@H](/C=C(/C)[C@@H]1C[C@H](CI)OC(=O)O1)CO[Si](C(C)C)(C(C)C)C(C)C. The van der Waals surface area contributed by atoms with Crippen molar-refractivity contribution < 1.29 is 18.7 Å². The third-order valence-electron chi connectivity index (χ3n) is 5.94. The summed E-state index contributed by atoms with van der Waals surface area (Å²) >= 11 is 2.26. The van der Waals surface area contributed by atoms with Gasteiger partial charge >= 0.3 is 6.16 Å². The van der Waals surface area contributed by atoms with Crippen LogP contribution in [-0.2, 0) is 13.9 Å². The van der Waals surface area contributed by atoms with E-state index in [2.05, 4.69) is 84.1 Å². The lowest BCUT2D eigenvalue weighted by Crippen LogP contribution is -2.48. The maximum Gasteiger partial charge on any atom is 0.509 e. The summed E-state index contributed by atoms with van der Waals surface area (Å²) in [5.41, 5.74) is 2.87. The summed E-state index contributed by atoms with van der Waals surface area (Å²) in [4.78, 5) is 11.7. The van der Waals surface area contributed by atoms with Crippen molar-refractivity contribution in [2.45, 2.75) is 97.1 Å². The molecular formula is C21H39IO4Si. The number of rotatable bonds is 10. The smallest absolute Gasteiger partial charge is 0.430 e. The van der Waals surface area contributed by atoms with Crippen LogP contribution in [0.5, 0.6) is 0 Å². The van der Waals surface area contributed by atoms with Crippen molar-refractivity contribution in [3.05, 3.63) is 11.6 Å². The molecule has 1 rings (SSSR count). The molecule has 1 saturated heterocycles. The van der Waals surface area contributed by atoms with E-state index in [0.717, 1.165) is 29.4 Å². The second-order valence-corrected chi connectivity index (χ2v) is 15.0. The predicted molar refractivity (Wildman–Crippen MR) is 123 cm³/mol. The van der Waals surface area contributed by atoms with E-state index in [1.807, 2.05) is 0 Å². The highest BCUT2D eigenvalue weighted by atomic mass is 127. The average molecular weight is 511 g/mol. The van der Waals surface area contributed by atoms with Gasteiger partial charge in [-0.1, -0.05) is 77.1 Å². The molecule has 1 aliphatic heterocycles. The summed E-state index contributed by atoms with van der Waals surface area (Å²) in [5.74, 6) is 0.340. The van der Waals surface area contributed by atoms with Gasteiger partial charge in [-0.3, -0.25) is 0 Å². The first-order chi connectivity index (χ1) is 12.6. The molecule has 1 fully saturated rings. The van der Waals surface area contributed by atoms with Gasteiger partial charge in [-0.05, 0) is 41.5 Å². The Hall–Kier alpha value is -0.0831. The molecule has 0 aromatic heterocycles. The van der Waals surface area contributed by atoms with Gasteiger partial charge in [-0.25, -0.2) is 4.79 Å². The van der Waals surface area contributed by atoms with Gasteiger partial charge < -0.3 is 13.9 Å². The monoisotopic (exact) mass is 510 g/mol. The minimum absolute atomic E-state index is 0.0561. The molecule has 4 nitrogen and oxygen atoms in total. The van der Waals surface area contributed by atoms with Crippen molar-refractivity contribution in [1.82, 2.24) is 0 Å². The zero-order valence-electron chi connectivity index (χ0n) is 18.4. The molecule has 0 bridgehead atoms. The second-order valence-electron chi connectivity index (χ2n) is 8.69. The van der Waals surface area contributed by atoms with Gasteiger partial charge in [0.1, 0.15) is 12.2 Å². The van der Waals surface area contributed by atoms with E-state index in [9.17, 15) is 4.79 Å². The summed E-state index contributed by atoms with van der Waals surface area (Å²) in [5, 5.41) is 0. The van der Waals surface area contributed by atoms with E-state index in [0.29, 0.717) is 22.5 Å². The molecule has 0 spiro atoms. The molecular weight excluding hydrogens is 471 g/mol. The Balaban J connectivity index is 2.88. The lowest BCUT2D eigenvalue weighted by atomic mass is 9.98. The van der Waals surface area contributed by atoms with Gasteiger partial charge in [-0.2, -0.15) is 0 Å². The summed E-state index contributed by atoms with van der Waals surface area (Å²) in [6.45, 7) is 18.9. The zero-order valence-corrected chi connectivity index (χ0v) is 21.5. The van der Waals surface area contributed by atoms with E-state index in [1.165, 1.54) is 0 Å². The molecule has 0 aliphatic carbocycles. The van der Waals surface area contributed by atoms with E-state index in [1.54, 1.807) is 0 Å². The van der Waals surface area contributed by atoms with Crippen LogP contribution in [0, 0.1) is 5.92 Å². The highest BCUT2D eigenvalue weighted by Gasteiger charge is 2.45. The Morgan fingerprint density at radius 2 is 1.74 bits per heavy atom. The van der Waals surface area contributed by atoms with Crippen molar-refractivity contribution in [3.63, 3.8) is 0 Å². The first-order valence-corrected chi connectivity index (χ1v) is 14.0. The number of alkyl halides is 1. The summed E-state index contributed by atoms with van der Waals surface area (Å²) in [6.07, 6.45) is 3.23. The Labute approximate surface area is 181 Å². The average Bonchev–Trinajstić information content (AvgIpc) is 2.59. The number of carbonyl (C=O) groups excluding carboxylic acids is 1. The van der Waals surface area contributed by atoms with Crippen molar-refractivity contribution in [3.8, 4) is 0 Å². The minimum Gasteiger partial charge on any atom is -0.430 e. The molecule has 0 radical (unpaired) electrons. The fourth-order valence-corrected chi connectivity index (χ4v) is 10.5. The van der Waals surface area contributed by atoms with Crippen molar-refractivity contribution in [2.24, 2.45) is 5.92 Å². The van der Waals surface area contributed by atoms with Crippen LogP contribution in [0.25, 0.3) is 0 Å². The summed E-state index contributed by atoms with van der Waals surface area (Å²) < 4.78 is 18.2. The van der Waals surface area contributed by atoms with Crippen LogP contribution in [0.4, 0.5) is 4.79 Å². The first kappa shape index (κ1) is 25.0. The van der Waals surface area contributed by atoms with Gasteiger partial charge in [0.2, 0.25) is 0 Å². The third-order valence-corrected chi connectivity index (χ3v) is 13.0. The molecule has 0 unspecified atom stereocenters. The number of halogens is 1. The van der Waals surface area contributed by atoms with Crippen LogP contribution in [0.3, 0.4) is 0 Å². The van der Waals surface area contributed by atoms with E-state index in [-0.39, 0.29) is 12.2 Å². The van der Waals surface area contributed by atoms with Gasteiger partial charge in [0.25, 0.3) is 0 Å². The summed E-state index contributed by atoms with van der Waals surface area (Å²) in [6, 6.07) is 0. The van der Waals surface area contributed by atoms with Crippen LogP contribution >= 0.6 is 22.6 Å². The third kappa shape index (κ3) is 6.46. The quantitative estimate of drug-likeness (QED) is 0.106. The number of cyclic esters (lactones) is 2. The summed E-state index contributed by atoms with van der Waals surface area (Å²) in [7, 11) is -1.86. The molecule has 158 valence electrons. The number of hydrogen-bond acceptors (Lipinski definition) is 4. The van der Waals surface area contributed by atoms with Crippen molar-refractivity contribution in [1.29, 1.82) is 0 Å². The molecule has 1 aliphatic rings. The van der Waals surface area contributed by atoms with Gasteiger partial charge in [0.05, 0.1) is 0 Å². The Morgan fingerprint density at radius 1 is 1.19 bits per heavy atom. The van der Waals surface area contributed by atoms with Crippen LogP contribution < -0.4 is 0 Å². The topological polar surface area (TPSA) is 44.8 Å². The first-order valence-electron chi connectivity index (χ1n) is 10.3. The normalized spacial score (nSPS) is 23.0. The predicted octanol–water partition coefficient (Wildman–Crippen LogP) is 6.88. The molecule has 27 heavy (non-hydrogen) atoms. The van der Waals surface area contributed by atoms with Crippen LogP contribution in [-0.4, -0.2) is 37.7 Å². The number of ether oxygens (including phenoxy) is 2. The van der Waals surface area contributed by atoms with E-state index >= 15 is 0 Å². The Morgan fingerprint density at radius 3 is 2.19 bits per heavy atom. The van der Waals surface area contributed by atoms with Crippen LogP contribution in [0.2, 0.25) is 16.6 Å². The largest absolute Gasteiger partial charge is 0.509 e. The van der Waals surface area contributed by atoms with Crippen LogP contribution in [0.15, 0.2) is 11.6 Å². The molecule has 0 aromatic carbocycles. The number of carbonyl (C=O) groups is 1. The fourth-order valence-electron chi connectivity index (χ4n) is 4.50. The van der Waals surface area contributed by atoms with Gasteiger partial charge in [0, 0.05) is 17.5 Å². The molecule has 0 N–H and O–H groups in total. The van der Waals surface area contributed by atoms with Crippen molar-refractivity contribution >= 4 is 37.1 Å². The fraction of sp³-hybridized carbons (Fsp3) is 0.857. The Kier molecular flexibility index (Phi) is 10.3. The molecule has 0 saturated carbocycles. The highest BCUT2D eigenvalue weighted by molar-refractivity contribution is 14.1. The van der Waals surface area contributed by atoms with E-state index < -0.39 is 14.5 Å². The number of hydrogen-bond donors (Lipinski definition) is 0. The van der Waals surface area contributed by atoms with Crippen LogP contribution in [0.1, 0.15) is 68.2 Å². The molecule has 0 aromatic rings. The zero-order chi connectivity index (χ0) is 20.8. The molecule has 1 heterocycles. The lowest BCUT2D eigenvalue weighted by Gasteiger charge is -2.43. The molecule has 3 atom stereocenters.